The molecule has 1 atom stereocenters. The molecule has 1 aliphatic heterocycles. The molecule has 0 saturated heterocycles. The summed E-state index contributed by atoms with van der Waals surface area (Å²) in [5.41, 5.74) is 3.17. The fourth-order valence-corrected chi connectivity index (χ4v) is 4.88. The Labute approximate surface area is 178 Å². The van der Waals surface area contributed by atoms with Crippen LogP contribution in [0.1, 0.15) is 65.3 Å². The summed E-state index contributed by atoms with van der Waals surface area (Å²) in [4.78, 5) is 32.6. The van der Waals surface area contributed by atoms with E-state index in [2.05, 4.69) is 15.0 Å². The van der Waals surface area contributed by atoms with E-state index in [-0.39, 0.29) is 17.4 Å². The van der Waals surface area contributed by atoms with Gasteiger partial charge in [-0.25, -0.2) is 15.0 Å². The number of fused-ring (bicyclic) bond motifs is 2. The molecular formula is C22H23N5O2S. The maximum atomic E-state index is 13.6. The van der Waals surface area contributed by atoms with E-state index in [1.54, 1.807) is 17.7 Å². The van der Waals surface area contributed by atoms with Gasteiger partial charge in [0.2, 0.25) is 11.7 Å². The zero-order chi connectivity index (χ0) is 21.0. The molecule has 0 saturated carbocycles. The van der Waals surface area contributed by atoms with Gasteiger partial charge in [-0.15, -0.1) is 11.3 Å². The number of carbonyl (C=O) groups excluding carboxylic acids is 1. The van der Waals surface area contributed by atoms with E-state index in [0.717, 1.165) is 26.6 Å². The second-order valence-corrected chi connectivity index (χ2v) is 9.68. The second-order valence-electron chi connectivity index (χ2n) is 8.62. The first-order valence-corrected chi connectivity index (χ1v) is 10.8. The van der Waals surface area contributed by atoms with E-state index in [4.69, 9.17) is 9.40 Å². The van der Waals surface area contributed by atoms with Gasteiger partial charge in [0.05, 0.1) is 27.9 Å². The van der Waals surface area contributed by atoms with Gasteiger partial charge in [0.15, 0.2) is 0 Å². The van der Waals surface area contributed by atoms with Crippen molar-refractivity contribution in [2.75, 3.05) is 6.54 Å². The standard InChI is InChI=1S/C22H23N5O2S/c1-12-18(29-21(25-12)22(2,3)4)20(28)27-10-9-14-16(24-11-23-14)17(27)19-26-13-7-5-6-8-15(13)30-19/h5-8,11,17H,9-10H2,1-4H3,(H,23,24)/t17-/m0/s1. The highest BCUT2D eigenvalue weighted by molar-refractivity contribution is 7.18. The van der Waals surface area contributed by atoms with Crippen molar-refractivity contribution < 1.29 is 9.21 Å². The summed E-state index contributed by atoms with van der Waals surface area (Å²) in [6.07, 6.45) is 2.40. The van der Waals surface area contributed by atoms with Crippen LogP contribution in [0.2, 0.25) is 0 Å². The van der Waals surface area contributed by atoms with Gasteiger partial charge in [-0.2, -0.15) is 0 Å². The number of H-pyrrole nitrogens is 1. The largest absolute Gasteiger partial charge is 0.435 e. The summed E-state index contributed by atoms with van der Waals surface area (Å²) in [5, 5.41) is 0.853. The van der Waals surface area contributed by atoms with Gasteiger partial charge in [-0.1, -0.05) is 32.9 Å². The molecule has 0 spiro atoms. The number of oxazole rings is 1. The number of thiazole rings is 1. The van der Waals surface area contributed by atoms with Crippen LogP contribution in [-0.2, 0) is 11.8 Å². The zero-order valence-corrected chi connectivity index (χ0v) is 18.2. The predicted molar refractivity (Wildman–Crippen MR) is 115 cm³/mol. The molecule has 0 fully saturated rings. The first-order valence-electron chi connectivity index (χ1n) is 9.99. The zero-order valence-electron chi connectivity index (χ0n) is 17.4. The molecule has 154 valence electrons. The third-order valence-electron chi connectivity index (χ3n) is 5.36. The van der Waals surface area contributed by atoms with Gasteiger partial charge in [0.25, 0.3) is 5.91 Å². The molecular weight excluding hydrogens is 398 g/mol. The maximum Gasteiger partial charge on any atom is 0.292 e. The number of benzene rings is 1. The van der Waals surface area contributed by atoms with E-state index in [1.165, 1.54) is 0 Å². The lowest BCUT2D eigenvalue weighted by Gasteiger charge is -2.33. The SMILES string of the molecule is Cc1nc(C(C)(C)C)oc1C(=O)N1CCc2[nH]cnc2[C@H]1c1nc2ccccc2s1. The Balaban J connectivity index is 1.60. The number of aryl methyl sites for hydroxylation is 1. The molecule has 0 radical (unpaired) electrons. The number of imidazole rings is 1. The molecule has 4 heterocycles. The second kappa shape index (κ2) is 6.77. The first-order chi connectivity index (χ1) is 14.3. The number of amides is 1. The lowest BCUT2D eigenvalue weighted by atomic mass is 9.97. The lowest BCUT2D eigenvalue weighted by molar-refractivity contribution is 0.0653. The van der Waals surface area contributed by atoms with E-state index in [9.17, 15) is 4.79 Å². The van der Waals surface area contributed by atoms with E-state index >= 15 is 0 Å². The van der Waals surface area contributed by atoms with Crippen molar-refractivity contribution in [3.63, 3.8) is 0 Å². The molecule has 4 aromatic rings. The number of nitrogens with one attached hydrogen (secondary N) is 1. The fraction of sp³-hybridized carbons (Fsp3) is 0.364. The highest BCUT2D eigenvalue weighted by Gasteiger charge is 2.39. The molecule has 0 unspecified atom stereocenters. The Kier molecular flexibility index (Phi) is 4.28. The average molecular weight is 422 g/mol. The van der Waals surface area contributed by atoms with Gasteiger partial charge >= 0.3 is 0 Å². The normalized spacial score (nSPS) is 16.8. The molecule has 1 aliphatic rings. The Morgan fingerprint density at radius 3 is 2.80 bits per heavy atom. The van der Waals surface area contributed by atoms with E-state index in [0.29, 0.717) is 30.3 Å². The van der Waals surface area contributed by atoms with Crippen molar-refractivity contribution in [2.45, 2.75) is 45.6 Å². The van der Waals surface area contributed by atoms with Gasteiger partial charge in [0.1, 0.15) is 11.0 Å². The molecule has 0 aliphatic carbocycles. The van der Waals surface area contributed by atoms with Crippen molar-refractivity contribution in [3.8, 4) is 0 Å². The van der Waals surface area contributed by atoms with Gasteiger partial charge < -0.3 is 14.3 Å². The molecule has 1 N–H and O–H groups in total. The molecule has 5 rings (SSSR count). The van der Waals surface area contributed by atoms with Crippen LogP contribution in [0.4, 0.5) is 0 Å². The van der Waals surface area contributed by atoms with Crippen LogP contribution in [0, 0.1) is 6.92 Å². The summed E-state index contributed by atoms with van der Waals surface area (Å²) in [6.45, 7) is 8.44. The number of carbonyl (C=O) groups is 1. The smallest absolute Gasteiger partial charge is 0.292 e. The van der Waals surface area contributed by atoms with Crippen molar-refractivity contribution in [2.24, 2.45) is 0 Å². The van der Waals surface area contributed by atoms with Crippen LogP contribution < -0.4 is 0 Å². The number of rotatable bonds is 2. The van der Waals surface area contributed by atoms with Gasteiger partial charge in [-0.05, 0) is 19.1 Å². The molecule has 0 bridgehead atoms. The first kappa shape index (κ1) is 19.0. The third kappa shape index (κ3) is 3.02. The number of para-hydroxylation sites is 1. The van der Waals surface area contributed by atoms with Crippen molar-refractivity contribution in [1.82, 2.24) is 24.8 Å². The Bertz CT molecular complexity index is 1210. The van der Waals surface area contributed by atoms with Gasteiger partial charge in [-0.3, -0.25) is 4.79 Å². The van der Waals surface area contributed by atoms with E-state index in [1.807, 2.05) is 56.9 Å². The Morgan fingerprint density at radius 2 is 2.07 bits per heavy atom. The molecule has 1 amide bonds. The average Bonchev–Trinajstić information content (AvgIpc) is 3.43. The van der Waals surface area contributed by atoms with Crippen LogP contribution >= 0.6 is 11.3 Å². The number of nitrogens with zero attached hydrogens (tertiary/aromatic N) is 4. The Morgan fingerprint density at radius 1 is 1.27 bits per heavy atom. The number of aromatic amines is 1. The molecule has 7 nitrogen and oxygen atoms in total. The minimum atomic E-state index is -0.354. The van der Waals surface area contributed by atoms with Crippen LogP contribution in [0.15, 0.2) is 35.0 Å². The fourth-order valence-electron chi connectivity index (χ4n) is 3.80. The Hall–Kier alpha value is -3.00. The molecule has 3 aromatic heterocycles. The summed E-state index contributed by atoms with van der Waals surface area (Å²) in [6, 6.07) is 7.66. The van der Waals surface area contributed by atoms with Crippen molar-refractivity contribution >= 4 is 27.5 Å². The quantitative estimate of drug-likeness (QED) is 0.518. The van der Waals surface area contributed by atoms with Crippen molar-refractivity contribution in [3.05, 3.63) is 64.3 Å². The number of hydrogen-bond donors (Lipinski definition) is 1. The topological polar surface area (TPSA) is 87.9 Å². The maximum absolute atomic E-state index is 13.6. The summed E-state index contributed by atoms with van der Waals surface area (Å²) in [7, 11) is 0. The minimum absolute atomic E-state index is 0.173. The van der Waals surface area contributed by atoms with Crippen LogP contribution in [0.3, 0.4) is 0 Å². The van der Waals surface area contributed by atoms with Crippen LogP contribution in [0.25, 0.3) is 10.2 Å². The third-order valence-corrected chi connectivity index (χ3v) is 6.45. The number of hydrogen-bond acceptors (Lipinski definition) is 6. The monoisotopic (exact) mass is 421 g/mol. The molecule has 1 aromatic carbocycles. The van der Waals surface area contributed by atoms with Crippen LogP contribution in [0.5, 0.6) is 0 Å². The van der Waals surface area contributed by atoms with E-state index < -0.39 is 0 Å². The molecule has 30 heavy (non-hydrogen) atoms. The lowest BCUT2D eigenvalue weighted by Crippen LogP contribution is -2.40. The summed E-state index contributed by atoms with van der Waals surface area (Å²) >= 11 is 1.60. The minimum Gasteiger partial charge on any atom is -0.435 e. The highest BCUT2D eigenvalue weighted by Crippen LogP contribution is 2.38. The van der Waals surface area contributed by atoms with Crippen LogP contribution in [-0.4, -0.2) is 37.3 Å². The summed E-state index contributed by atoms with van der Waals surface area (Å²) in [5.74, 6) is 0.691. The van der Waals surface area contributed by atoms with Crippen molar-refractivity contribution in [1.29, 1.82) is 0 Å². The molecule has 8 heteroatoms. The number of aromatic nitrogens is 4. The highest BCUT2D eigenvalue weighted by atomic mass is 32.1. The summed E-state index contributed by atoms with van der Waals surface area (Å²) < 4.78 is 7.05. The van der Waals surface area contributed by atoms with Gasteiger partial charge in [0, 0.05) is 24.1 Å². The predicted octanol–water partition coefficient (Wildman–Crippen LogP) is 4.40.